The molecule has 24 heavy (non-hydrogen) atoms. The van der Waals surface area contributed by atoms with Gasteiger partial charge >= 0.3 is 7.12 Å². The average Bonchev–Trinajstić information content (AvgIpc) is 2.56. The van der Waals surface area contributed by atoms with E-state index in [4.69, 9.17) is 20.5 Å². The zero-order valence-electron chi connectivity index (χ0n) is 13.1. The summed E-state index contributed by atoms with van der Waals surface area (Å²) in [5.74, 6) is -0.523. The summed E-state index contributed by atoms with van der Waals surface area (Å²) in [6.07, 6.45) is -0.0244. The molecule has 0 bridgehead atoms. The second-order valence-electron chi connectivity index (χ2n) is 5.26. The Hall–Kier alpha value is -2.42. The number of hydrogen-bond donors (Lipinski definition) is 4. The Morgan fingerprint density at radius 3 is 2.71 bits per heavy atom. The first kappa shape index (κ1) is 17.9. The van der Waals surface area contributed by atoms with Crippen LogP contribution < -0.4 is 21.3 Å². The Balaban J connectivity index is 2.03. The Morgan fingerprint density at radius 2 is 2.08 bits per heavy atom. The number of ether oxygens (including phenoxy) is 1. The van der Waals surface area contributed by atoms with Gasteiger partial charge in [-0.05, 0) is 35.6 Å². The minimum Gasteiger partial charge on any atom is -0.497 e. The average molecular weight is 332 g/mol. The summed E-state index contributed by atoms with van der Waals surface area (Å²) in [6.45, 7) is 0. The number of benzene rings is 2. The Morgan fingerprint density at radius 1 is 1.33 bits per heavy atom. The first-order valence-corrected chi connectivity index (χ1v) is 7.25. The van der Waals surface area contributed by atoms with Crippen molar-refractivity contribution in [3.8, 4) is 5.75 Å². The highest BCUT2D eigenvalue weighted by molar-refractivity contribution is 6.58. The molecular weight excluding hydrogens is 314 g/mol. The zero-order chi connectivity index (χ0) is 17.7. The maximum Gasteiger partial charge on any atom is 0.488 e. The topological polar surface area (TPSA) is 105 Å². The molecule has 5 N–H and O–H groups in total. The van der Waals surface area contributed by atoms with E-state index in [9.17, 15) is 9.18 Å². The Labute approximate surface area is 139 Å². The number of halogens is 1. The molecule has 8 heteroatoms. The Kier molecular flexibility index (Phi) is 5.91. The van der Waals surface area contributed by atoms with E-state index in [1.165, 1.54) is 19.2 Å². The van der Waals surface area contributed by atoms with Crippen LogP contribution in [-0.4, -0.2) is 36.2 Å². The fraction of sp³-hybridized carbons (Fsp3) is 0.188. The summed E-state index contributed by atoms with van der Waals surface area (Å²) in [5, 5.41) is 20.7. The molecule has 0 aliphatic heterocycles. The van der Waals surface area contributed by atoms with Gasteiger partial charge in [-0.15, -0.1) is 0 Å². The van der Waals surface area contributed by atoms with Gasteiger partial charge in [0.25, 0.3) is 0 Å². The molecule has 0 aromatic heterocycles. The number of carbonyl (C=O) groups excluding carboxylic acids is 1. The molecule has 1 amide bonds. The van der Waals surface area contributed by atoms with Crippen molar-refractivity contribution >= 4 is 24.2 Å². The third-order valence-corrected chi connectivity index (χ3v) is 3.49. The van der Waals surface area contributed by atoms with Gasteiger partial charge in [0.05, 0.1) is 13.2 Å². The highest BCUT2D eigenvalue weighted by atomic mass is 19.1. The van der Waals surface area contributed by atoms with Crippen molar-refractivity contribution in [1.29, 1.82) is 0 Å². The number of rotatable bonds is 6. The number of anilines is 1. The van der Waals surface area contributed by atoms with Crippen molar-refractivity contribution in [2.45, 2.75) is 12.5 Å². The van der Waals surface area contributed by atoms with Crippen molar-refractivity contribution in [1.82, 2.24) is 0 Å². The van der Waals surface area contributed by atoms with Gasteiger partial charge in [-0.3, -0.25) is 4.79 Å². The standard InChI is InChI=1S/C16H18BFN2O4/c1-24-13-4-2-3-12(9-13)20-16(21)15(19)7-10-5-6-11(17(22)23)8-14(10)18/h2-6,8-9,15,22-23H,7,19H2,1H3,(H,20,21)/t15-/m0/s1. The molecule has 0 saturated carbocycles. The fourth-order valence-electron chi connectivity index (χ4n) is 2.16. The fourth-order valence-corrected chi connectivity index (χ4v) is 2.16. The second kappa shape index (κ2) is 7.91. The van der Waals surface area contributed by atoms with Gasteiger partial charge < -0.3 is 25.8 Å². The number of methoxy groups -OCH3 is 1. The summed E-state index contributed by atoms with van der Waals surface area (Å²) in [6, 6.07) is 9.58. The van der Waals surface area contributed by atoms with Crippen molar-refractivity contribution in [3.05, 3.63) is 53.8 Å². The van der Waals surface area contributed by atoms with Crippen molar-refractivity contribution in [3.63, 3.8) is 0 Å². The highest BCUT2D eigenvalue weighted by Crippen LogP contribution is 2.17. The lowest BCUT2D eigenvalue weighted by Crippen LogP contribution is -2.38. The number of hydrogen-bond acceptors (Lipinski definition) is 5. The Bertz CT molecular complexity index is 727. The molecule has 2 rings (SSSR count). The molecule has 0 aliphatic carbocycles. The van der Waals surface area contributed by atoms with Gasteiger partial charge in [0.1, 0.15) is 11.6 Å². The maximum atomic E-state index is 13.9. The van der Waals surface area contributed by atoms with Crippen LogP contribution in [0.2, 0.25) is 0 Å². The molecule has 2 aromatic carbocycles. The van der Waals surface area contributed by atoms with E-state index in [0.29, 0.717) is 11.4 Å². The lowest BCUT2D eigenvalue weighted by atomic mass is 9.79. The predicted octanol–water partition coefficient (Wildman–Crippen LogP) is 0.0226. The predicted molar refractivity (Wildman–Crippen MR) is 89.5 cm³/mol. The van der Waals surface area contributed by atoms with Crippen LogP contribution in [0.5, 0.6) is 5.75 Å². The van der Waals surface area contributed by atoms with Crippen LogP contribution in [0.15, 0.2) is 42.5 Å². The highest BCUT2D eigenvalue weighted by Gasteiger charge is 2.18. The molecular formula is C16H18BFN2O4. The van der Waals surface area contributed by atoms with Crippen LogP contribution in [0.25, 0.3) is 0 Å². The molecule has 0 unspecified atom stereocenters. The van der Waals surface area contributed by atoms with Gasteiger partial charge in [0, 0.05) is 11.8 Å². The molecule has 0 saturated heterocycles. The molecule has 0 spiro atoms. The van der Waals surface area contributed by atoms with E-state index in [-0.39, 0.29) is 17.4 Å². The third kappa shape index (κ3) is 4.54. The van der Waals surface area contributed by atoms with Gasteiger partial charge in [0.2, 0.25) is 5.91 Å². The summed E-state index contributed by atoms with van der Waals surface area (Å²) in [7, 11) is -0.235. The molecule has 2 aromatic rings. The first-order valence-electron chi connectivity index (χ1n) is 7.25. The van der Waals surface area contributed by atoms with Crippen molar-refractivity contribution in [2.75, 3.05) is 12.4 Å². The van der Waals surface area contributed by atoms with Gasteiger partial charge in [-0.25, -0.2) is 4.39 Å². The normalized spacial score (nSPS) is 11.7. The monoisotopic (exact) mass is 332 g/mol. The van der Waals surface area contributed by atoms with E-state index in [0.717, 1.165) is 6.07 Å². The van der Waals surface area contributed by atoms with E-state index < -0.39 is 24.9 Å². The van der Waals surface area contributed by atoms with Crippen molar-refractivity contribution in [2.24, 2.45) is 5.73 Å². The number of nitrogens with one attached hydrogen (secondary N) is 1. The zero-order valence-corrected chi connectivity index (χ0v) is 13.1. The van der Waals surface area contributed by atoms with Crippen LogP contribution in [0.1, 0.15) is 5.56 Å². The van der Waals surface area contributed by atoms with E-state index in [1.54, 1.807) is 24.3 Å². The second-order valence-corrected chi connectivity index (χ2v) is 5.26. The van der Waals surface area contributed by atoms with Crippen molar-refractivity contribution < 1.29 is 24.0 Å². The first-order chi connectivity index (χ1) is 11.4. The van der Waals surface area contributed by atoms with E-state index in [2.05, 4.69) is 5.32 Å². The molecule has 0 aliphatic rings. The summed E-state index contributed by atoms with van der Waals surface area (Å²) >= 11 is 0. The van der Waals surface area contributed by atoms with E-state index in [1.807, 2.05) is 0 Å². The van der Waals surface area contributed by atoms with Crippen LogP contribution >= 0.6 is 0 Å². The van der Waals surface area contributed by atoms with Gasteiger partial charge in [-0.1, -0.05) is 18.2 Å². The quantitative estimate of drug-likeness (QED) is 0.559. The number of nitrogens with two attached hydrogens (primary N) is 1. The summed E-state index contributed by atoms with van der Waals surface area (Å²) < 4.78 is 19.0. The van der Waals surface area contributed by atoms with Gasteiger partial charge in [-0.2, -0.15) is 0 Å². The molecule has 126 valence electrons. The minimum atomic E-state index is -1.75. The van der Waals surface area contributed by atoms with Crippen LogP contribution in [0, 0.1) is 5.82 Å². The lowest BCUT2D eigenvalue weighted by molar-refractivity contribution is -0.117. The number of amides is 1. The largest absolute Gasteiger partial charge is 0.497 e. The summed E-state index contributed by atoms with van der Waals surface area (Å²) in [5.41, 5.74) is 6.60. The smallest absolute Gasteiger partial charge is 0.488 e. The maximum absolute atomic E-state index is 13.9. The minimum absolute atomic E-state index is 0.0244. The lowest BCUT2D eigenvalue weighted by Gasteiger charge is -2.14. The number of carbonyl (C=O) groups is 1. The van der Waals surface area contributed by atoms with Crippen LogP contribution in [0.3, 0.4) is 0 Å². The molecule has 0 heterocycles. The molecule has 6 nitrogen and oxygen atoms in total. The van der Waals surface area contributed by atoms with Gasteiger partial charge in [0.15, 0.2) is 0 Å². The third-order valence-electron chi connectivity index (χ3n) is 3.49. The molecule has 1 atom stereocenters. The molecule has 0 fully saturated rings. The van der Waals surface area contributed by atoms with Crippen LogP contribution in [-0.2, 0) is 11.2 Å². The van der Waals surface area contributed by atoms with Crippen LogP contribution in [0.4, 0.5) is 10.1 Å². The SMILES string of the molecule is COc1cccc(NC(=O)[C@@H](N)Cc2ccc(B(O)O)cc2F)c1. The molecule has 0 radical (unpaired) electrons. The summed E-state index contributed by atoms with van der Waals surface area (Å²) in [4.78, 5) is 12.1. The van der Waals surface area contributed by atoms with E-state index >= 15 is 0 Å².